The monoisotopic (exact) mass is 278 g/mol. The summed E-state index contributed by atoms with van der Waals surface area (Å²) in [6.45, 7) is 5.84. The Balaban J connectivity index is 2.66. The number of amides is 1. The molecule has 1 rings (SSSR count). The molecule has 0 aliphatic carbocycles. The van der Waals surface area contributed by atoms with Gasteiger partial charge in [-0.25, -0.2) is 0 Å². The molecule has 4 heteroatoms. The lowest BCUT2D eigenvalue weighted by molar-refractivity contribution is -0.130. The molecule has 0 unspecified atom stereocenters. The molecule has 0 saturated carbocycles. The average molecular weight is 278 g/mol. The van der Waals surface area contributed by atoms with Gasteiger partial charge in [-0.2, -0.15) is 0 Å². The molecule has 0 spiro atoms. The van der Waals surface area contributed by atoms with Crippen molar-refractivity contribution in [3.05, 3.63) is 35.4 Å². The molecule has 19 heavy (non-hydrogen) atoms. The van der Waals surface area contributed by atoms with Gasteiger partial charge in [-0.3, -0.25) is 4.79 Å². The van der Waals surface area contributed by atoms with E-state index in [1.807, 2.05) is 29.2 Å². The van der Waals surface area contributed by atoms with Crippen LogP contribution in [-0.2, 0) is 11.2 Å². The van der Waals surface area contributed by atoms with Crippen molar-refractivity contribution >= 4 is 23.1 Å². The van der Waals surface area contributed by atoms with Gasteiger partial charge in [0, 0.05) is 18.7 Å². The fraction of sp³-hybridized carbons (Fsp3) is 0.467. The third-order valence-corrected chi connectivity index (χ3v) is 3.17. The molecular formula is C15H22N2OS. The summed E-state index contributed by atoms with van der Waals surface area (Å²) in [6.07, 6.45) is 2.43. The minimum Gasteiger partial charge on any atom is -0.389 e. The number of hydrogen-bond donors (Lipinski definition) is 1. The lowest BCUT2D eigenvalue weighted by Crippen LogP contribution is -2.33. The molecule has 0 fully saturated rings. The quantitative estimate of drug-likeness (QED) is 0.780. The summed E-state index contributed by atoms with van der Waals surface area (Å²) < 4.78 is 0. The van der Waals surface area contributed by atoms with E-state index in [1.165, 1.54) is 0 Å². The number of carbonyl (C=O) groups excluding carboxylic acids is 1. The summed E-state index contributed by atoms with van der Waals surface area (Å²) in [6, 6.07) is 7.58. The summed E-state index contributed by atoms with van der Waals surface area (Å²) >= 11 is 4.91. The lowest BCUT2D eigenvalue weighted by atomic mass is 10.1. The molecule has 104 valence electrons. The molecule has 0 heterocycles. The van der Waals surface area contributed by atoms with Crippen LogP contribution >= 0.6 is 12.2 Å². The highest BCUT2D eigenvalue weighted by Crippen LogP contribution is 2.07. The molecule has 0 aromatic heterocycles. The second-order valence-electron chi connectivity index (χ2n) is 4.62. The van der Waals surface area contributed by atoms with Gasteiger partial charge < -0.3 is 10.6 Å². The summed E-state index contributed by atoms with van der Waals surface area (Å²) in [7, 11) is 0. The molecule has 1 amide bonds. The van der Waals surface area contributed by atoms with E-state index in [4.69, 9.17) is 18.0 Å². The van der Waals surface area contributed by atoms with Crippen molar-refractivity contribution in [2.75, 3.05) is 13.1 Å². The highest BCUT2D eigenvalue weighted by Gasteiger charge is 2.12. The summed E-state index contributed by atoms with van der Waals surface area (Å²) in [4.78, 5) is 14.5. The number of hydrogen-bond acceptors (Lipinski definition) is 2. The van der Waals surface area contributed by atoms with Gasteiger partial charge in [0.05, 0.1) is 6.42 Å². The van der Waals surface area contributed by atoms with Crippen LogP contribution in [0.15, 0.2) is 24.3 Å². The van der Waals surface area contributed by atoms with Crippen molar-refractivity contribution in [3.8, 4) is 0 Å². The van der Waals surface area contributed by atoms with E-state index in [9.17, 15) is 4.79 Å². The number of thiocarbonyl (C=S) groups is 1. The highest BCUT2D eigenvalue weighted by atomic mass is 32.1. The van der Waals surface area contributed by atoms with Crippen molar-refractivity contribution in [1.82, 2.24) is 4.90 Å². The summed E-state index contributed by atoms with van der Waals surface area (Å²) in [5.74, 6) is 0.187. The van der Waals surface area contributed by atoms with Crippen molar-refractivity contribution < 1.29 is 4.79 Å². The molecule has 0 bridgehead atoms. The third-order valence-electron chi connectivity index (χ3n) is 2.93. The van der Waals surface area contributed by atoms with Crippen molar-refractivity contribution in [2.24, 2.45) is 5.73 Å². The predicted octanol–water partition coefficient (Wildman–Crippen LogP) is 2.51. The molecule has 0 saturated heterocycles. The maximum absolute atomic E-state index is 12.2. The van der Waals surface area contributed by atoms with E-state index in [0.29, 0.717) is 11.4 Å². The van der Waals surface area contributed by atoms with Crippen molar-refractivity contribution in [1.29, 1.82) is 0 Å². The topological polar surface area (TPSA) is 46.3 Å². The zero-order valence-electron chi connectivity index (χ0n) is 11.7. The van der Waals surface area contributed by atoms with Crippen LogP contribution in [0.5, 0.6) is 0 Å². The van der Waals surface area contributed by atoms with Crippen LogP contribution in [0.3, 0.4) is 0 Å². The maximum atomic E-state index is 12.2. The first-order valence-electron chi connectivity index (χ1n) is 6.75. The van der Waals surface area contributed by atoms with Gasteiger partial charge in [0.15, 0.2) is 0 Å². The maximum Gasteiger partial charge on any atom is 0.226 e. The average Bonchev–Trinajstić information content (AvgIpc) is 2.39. The van der Waals surface area contributed by atoms with Crippen LogP contribution in [0.2, 0.25) is 0 Å². The zero-order chi connectivity index (χ0) is 14.3. The molecule has 0 radical (unpaired) electrons. The Morgan fingerprint density at radius 3 is 2.11 bits per heavy atom. The molecule has 2 N–H and O–H groups in total. The molecule has 1 aromatic rings. The Labute approximate surface area is 120 Å². The SMILES string of the molecule is CCCN(CCC)C(=O)Cc1ccc(C(N)=S)cc1. The second kappa shape index (κ2) is 7.89. The van der Waals surface area contributed by atoms with E-state index in [0.717, 1.165) is 37.1 Å². The van der Waals surface area contributed by atoms with E-state index in [2.05, 4.69) is 13.8 Å². The number of carbonyl (C=O) groups is 1. The Hall–Kier alpha value is -1.42. The minimum absolute atomic E-state index is 0.187. The number of nitrogens with two attached hydrogens (primary N) is 1. The van der Waals surface area contributed by atoms with Gasteiger partial charge in [0.2, 0.25) is 5.91 Å². The molecule has 1 aromatic carbocycles. The largest absolute Gasteiger partial charge is 0.389 e. The van der Waals surface area contributed by atoms with Gasteiger partial charge in [-0.1, -0.05) is 50.3 Å². The highest BCUT2D eigenvalue weighted by molar-refractivity contribution is 7.80. The number of benzene rings is 1. The molecule has 0 atom stereocenters. The van der Waals surface area contributed by atoms with Crippen molar-refractivity contribution in [3.63, 3.8) is 0 Å². The van der Waals surface area contributed by atoms with Gasteiger partial charge >= 0.3 is 0 Å². The van der Waals surface area contributed by atoms with E-state index >= 15 is 0 Å². The first kappa shape index (κ1) is 15.6. The molecule has 3 nitrogen and oxygen atoms in total. The fourth-order valence-electron chi connectivity index (χ4n) is 1.97. The smallest absolute Gasteiger partial charge is 0.226 e. The van der Waals surface area contributed by atoms with Crippen LogP contribution in [0, 0.1) is 0 Å². The Morgan fingerprint density at radius 1 is 1.16 bits per heavy atom. The standard InChI is InChI=1S/C15H22N2OS/c1-3-9-17(10-4-2)14(18)11-12-5-7-13(8-6-12)15(16)19/h5-8H,3-4,9-11H2,1-2H3,(H2,16,19). The Morgan fingerprint density at radius 2 is 1.68 bits per heavy atom. The molecular weight excluding hydrogens is 256 g/mol. The first-order valence-corrected chi connectivity index (χ1v) is 7.15. The molecule has 0 aliphatic heterocycles. The lowest BCUT2D eigenvalue weighted by Gasteiger charge is -2.21. The van der Waals surface area contributed by atoms with Crippen LogP contribution in [0.4, 0.5) is 0 Å². The van der Waals surface area contributed by atoms with Crippen molar-refractivity contribution in [2.45, 2.75) is 33.1 Å². The van der Waals surface area contributed by atoms with Gasteiger partial charge in [0.25, 0.3) is 0 Å². The number of nitrogens with zero attached hydrogens (tertiary/aromatic N) is 1. The Kier molecular flexibility index (Phi) is 6.50. The minimum atomic E-state index is 0.187. The predicted molar refractivity (Wildman–Crippen MR) is 83.2 cm³/mol. The summed E-state index contributed by atoms with van der Waals surface area (Å²) in [5.41, 5.74) is 7.39. The van der Waals surface area contributed by atoms with Crippen LogP contribution in [-0.4, -0.2) is 28.9 Å². The zero-order valence-corrected chi connectivity index (χ0v) is 12.5. The normalized spacial score (nSPS) is 10.2. The van der Waals surface area contributed by atoms with E-state index in [1.54, 1.807) is 0 Å². The van der Waals surface area contributed by atoms with Gasteiger partial charge in [0.1, 0.15) is 4.99 Å². The van der Waals surface area contributed by atoms with Crippen LogP contribution in [0.1, 0.15) is 37.8 Å². The van der Waals surface area contributed by atoms with Gasteiger partial charge in [-0.05, 0) is 18.4 Å². The Bertz CT molecular complexity index is 422. The van der Waals surface area contributed by atoms with E-state index < -0.39 is 0 Å². The number of rotatable bonds is 7. The fourth-order valence-corrected chi connectivity index (χ4v) is 2.11. The molecule has 0 aliphatic rings. The third kappa shape index (κ3) is 4.99. The van der Waals surface area contributed by atoms with E-state index in [-0.39, 0.29) is 5.91 Å². The summed E-state index contributed by atoms with van der Waals surface area (Å²) in [5, 5.41) is 0. The first-order chi connectivity index (χ1) is 9.08. The van der Waals surface area contributed by atoms with Crippen LogP contribution < -0.4 is 5.73 Å². The van der Waals surface area contributed by atoms with Crippen LogP contribution in [0.25, 0.3) is 0 Å². The second-order valence-corrected chi connectivity index (χ2v) is 5.06. The van der Waals surface area contributed by atoms with Gasteiger partial charge in [-0.15, -0.1) is 0 Å².